The molecule has 0 aliphatic carbocycles. The maximum absolute atomic E-state index is 13.1. The Hall–Kier alpha value is -2.54. The third-order valence-electron chi connectivity index (χ3n) is 5.70. The average molecular weight is 532 g/mol. The maximum Gasteiger partial charge on any atom is 0.326 e. The van der Waals surface area contributed by atoms with E-state index in [1.165, 1.54) is 11.8 Å². The van der Waals surface area contributed by atoms with Crippen molar-refractivity contribution in [2.45, 2.75) is 84.0 Å². The summed E-state index contributed by atoms with van der Waals surface area (Å²) < 4.78 is 0. The third kappa shape index (κ3) is 13.5. The van der Waals surface area contributed by atoms with E-state index in [-0.39, 0.29) is 37.2 Å². The molecule has 36 heavy (non-hydrogen) atoms. The van der Waals surface area contributed by atoms with Crippen LogP contribution in [-0.2, 0) is 19.2 Å². The molecule has 0 aromatic heterocycles. The Kier molecular flexibility index (Phi) is 16.6. The highest BCUT2D eigenvalue weighted by molar-refractivity contribution is 7.98. The number of carbonyl (C=O) groups excluding carboxylic acids is 3. The smallest absolute Gasteiger partial charge is 0.326 e. The Morgan fingerprint density at radius 1 is 0.917 bits per heavy atom. The number of aliphatic imine (C=N–C) groups is 1. The molecule has 0 saturated heterocycles. The Labute approximate surface area is 218 Å². The van der Waals surface area contributed by atoms with Crippen molar-refractivity contribution in [3.8, 4) is 0 Å². The molecule has 10 N–H and O–H groups in total. The van der Waals surface area contributed by atoms with Gasteiger partial charge in [0, 0.05) is 6.54 Å². The molecule has 5 unspecified atom stereocenters. The van der Waals surface area contributed by atoms with Gasteiger partial charge in [-0.15, -0.1) is 0 Å². The quantitative estimate of drug-likeness (QED) is 0.0704. The van der Waals surface area contributed by atoms with Crippen molar-refractivity contribution >= 4 is 41.4 Å². The molecule has 12 nitrogen and oxygen atoms in total. The van der Waals surface area contributed by atoms with Crippen LogP contribution in [0.25, 0.3) is 0 Å². The molecule has 0 aliphatic heterocycles. The van der Waals surface area contributed by atoms with E-state index in [0.29, 0.717) is 25.0 Å². The van der Waals surface area contributed by atoms with Gasteiger partial charge in [-0.2, -0.15) is 11.8 Å². The van der Waals surface area contributed by atoms with Crippen LogP contribution in [0.4, 0.5) is 0 Å². The number of rotatable bonds is 18. The van der Waals surface area contributed by atoms with Gasteiger partial charge in [-0.1, -0.05) is 34.1 Å². The normalized spacial score (nSPS) is 15.2. The summed E-state index contributed by atoms with van der Waals surface area (Å²) in [5.41, 5.74) is 16.6. The van der Waals surface area contributed by atoms with Crippen molar-refractivity contribution < 1.29 is 24.3 Å². The first-order valence-electron chi connectivity index (χ1n) is 12.3. The number of carboxylic acids is 1. The van der Waals surface area contributed by atoms with Gasteiger partial charge in [-0.05, 0) is 49.5 Å². The minimum absolute atomic E-state index is 0.0622. The van der Waals surface area contributed by atoms with Crippen LogP contribution in [0.3, 0.4) is 0 Å². The molecule has 0 heterocycles. The van der Waals surface area contributed by atoms with Crippen molar-refractivity contribution in [2.24, 2.45) is 34.0 Å². The molecular formula is C23H45N7O5S. The average Bonchev–Trinajstić information content (AvgIpc) is 2.80. The zero-order valence-corrected chi connectivity index (χ0v) is 22.9. The molecule has 0 fully saturated rings. The van der Waals surface area contributed by atoms with E-state index in [4.69, 9.17) is 17.2 Å². The largest absolute Gasteiger partial charge is 0.480 e. The molecule has 0 saturated carbocycles. The lowest BCUT2D eigenvalue weighted by Gasteiger charge is -2.27. The molecule has 0 aliphatic rings. The fraction of sp³-hybridized carbons (Fsp3) is 0.783. The lowest BCUT2D eigenvalue weighted by atomic mass is 9.97. The first kappa shape index (κ1) is 33.5. The van der Waals surface area contributed by atoms with Crippen LogP contribution >= 0.6 is 11.8 Å². The monoisotopic (exact) mass is 531 g/mol. The van der Waals surface area contributed by atoms with Crippen LogP contribution in [0.5, 0.6) is 0 Å². The van der Waals surface area contributed by atoms with E-state index in [0.717, 1.165) is 0 Å². The van der Waals surface area contributed by atoms with E-state index >= 15 is 0 Å². The number of aliphatic carboxylic acids is 1. The molecule has 13 heteroatoms. The van der Waals surface area contributed by atoms with Gasteiger partial charge in [0.05, 0.1) is 6.04 Å². The number of nitrogens with zero attached hydrogens (tertiary/aromatic N) is 1. The molecule has 0 spiro atoms. The lowest BCUT2D eigenvalue weighted by molar-refractivity contribution is -0.142. The minimum Gasteiger partial charge on any atom is -0.480 e. The van der Waals surface area contributed by atoms with Crippen molar-refractivity contribution in [3.05, 3.63) is 0 Å². The third-order valence-corrected chi connectivity index (χ3v) is 6.35. The molecular weight excluding hydrogens is 486 g/mol. The first-order chi connectivity index (χ1) is 16.8. The summed E-state index contributed by atoms with van der Waals surface area (Å²) in [7, 11) is 0. The summed E-state index contributed by atoms with van der Waals surface area (Å²) in [4.78, 5) is 54.2. The zero-order chi connectivity index (χ0) is 27.8. The number of nitrogens with one attached hydrogen (secondary N) is 3. The van der Waals surface area contributed by atoms with Crippen LogP contribution in [0.1, 0.15) is 59.8 Å². The molecule has 5 atom stereocenters. The van der Waals surface area contributed by atoms with Gasteiger partial charge in [0.1, 0.15) is 18.1 Å². The van der Waals surface area contributed by atoms with Gasteiger partial charge < -0.3 is 38.3 Å². The number of thioether (sulfide) groups is 1. The van der Waals surface area contributed by atoms with Crippen molar-refractivity contribution in [2.75, 3.05) is 18.6 Å². The zero-order valence-electron chi connectivity index (χ0n) is 22.1. The molecule has 0 rings (SSSR count). The van der Waals surface area contributed by atoms with E-state index in [1.807, 2.05) is 34.0 Å². The van der Waals surface area contributed by atoms with E-state index < -0.39 is 47.9 Å². The number of guanidine groups is 1. The molecule has 3 amide bonds. The van der Waals surface area contributed by atoms with Crippen LogP contribution in [0, 0.1) is 11.8 Å². The van der Waals surface area contributed by atoms with Gasteiger partial charge >= 0.3 is 5.97 Å². The molecule has 0 radical (unpaired) electrons. The highest BCUT2D eigenvalue weighted by atomic mass is 32.2. The van der Waals surface area contributed by atoms with Gasteiger partial charge in [-0.3, -0.25) is 19.4 Å². The summed E-state index contributed by atoms with van der Waals surface area (Å²) in [6.07, 6.45) is 3.66. The SMILES string of the molecule is CCC(C)C(N)C(=O)NC(CC(C)C)C(=O)NC(CCSC)C(=O)NC(CCCN=C(N)N)C(=O)O. The van der Waals surface area contributed by atoms with Gasteiger partial charge in [0.2, 0.25) is 17.7 Å². The fourth-order valence-corrected chi connectivity index (χ4v) is 3.76. The van der Waals surface area contributed by atoms with Crippen LogP contribution in [0.15, 0.2) is 4.99 Å². The number of amides is 3. The fourth-order valence-electron chi connectivity index (χ4n) is 3.29. The number of carboxylic acid groups (broad SMARTS) is 1. The Morgan fingerprint density at radius 2 is 1.47 bits per heavy atom. The van der Waals surface area contributed by atoms with Gasteiger partial charge in [0.25, 0.3) is 0 Å². The highest BCUT2D eigenvalue weighted by Gasteiger charge is 2.31. The molecule has 0 aromatic rings. The van der Waals surface area contributed by atoms with Crippen LogP contribution < -0.4 is 33.2 Å². The Bertz CT molecular complexity index is 746. The summed E-state index contributed by atoms with van der Waals surface area (Å²) in [6.45, 7) is 7.85. The van der Waals surface area contributed by atoms with Crippen LogP contribution in [-0.4, -0.2) is 77.5 Å². The summed E-state index contributed by atoms with van der Waals surface area (Å²) in [5.74, 6) is -2.28. The van der Waals surface area contributed by atoms with E-state index in [2.05, 4.69) is 20.9 Å². The maximum atomic E-state index is 13.1. The molecule has 0 bridgehead atoms. The predicted octanol–water partition coefficient (Wildman–Crippen LogP) is -0.248. The predicted molar refractivity (Wildman–Crippen MR) is 143 cm³/mol. The Balaban J connectivity index is 5.46. The highest BCUT2D eigenvalue weighted by Crippen LogP contribution is 2.10. The van der Waals surface area contributed by atoms with Gasteiger partial charge in [-0.25, -0.2) is 4.79 Å². The van der Waals surface area contributed by atoms with Crippen molar-refractivity contribution in [3.63, 3.8) is 0 Å². The summed E-state index contributed by atoms with van der Waals surface area (Å²) in [6, 6.07) is -3.78. The van der Waals surface area contributed by atoms with Crippen LogP contribution in [0.2, 0.25) is 0 Å². The molecule has 208 valence electrons. The molecule has 0 aromatic carbocycles. The number of hydrogen-bond donors (Lipinski definition) is 7. The second kappa shape index (κ2) is 17.8. The summed E-state index contributed by atoms with van der Waals surface area (Å²) >= 11 is 1.49. The number of carbonyl (C=O) groups is 4. The topological polar surface area (TPSA) is 215 Å². The van der Waals surface area contributed by atoms with E-state index in [1.54, 1.807) is 0 Å². The second-order valence-electron chi connectivity index (χ2n) is 9.29. The summed E-state index contributed by atoms with van der Waals surface area (Å²) in [5, 5.41) is 17.5. The van der Waals surface area contributed by atoms with Gasteiger partial charge in [0.15, 0.2) is 5.96 Å². The number of hydrogen-bond acceptors (Lipinski definition) is 7. The van der Waals surface area contributed by atoms with E-state index in [9.17, 15) is 24.3 Å². The second-order valence-corrected chi connectivity index (χ2v) is 10.3. The standard InChI is InChI=1S/C23H45N7O5S/c1-6-14(4)18(24)21(33)30-17(12-13(2)3)20(32)28-15(9-11-36-5)19(31)29-16(22(34)35)8-7-10-27-23(25)26/h13-18H,6-12,24H2,1-5H3,(H,28,32)(H,29,31)(H,30,33)(H,34,35)(H4,25,26,27). The lowest BCUT2D eigenvalue weighted by Crippen LogP contribution is -2.58. The number of nitrogens with two attached hydrogens (primary N) is 3. The minimum atomic E-state index is -1.20. The van der Waals surface area contributed by atoms with Crippen molar-refractivity contribution in [1.29, 1.82) is 0 Å². The first-order valence-corrected chi connectivity index (χ1v) is 13.7. The van der Waals surface area contributed by atoms with Crippen molar-refractivity contribution in [1.82, 2.24) is 16.0 Å². The Morgan fingerprint density at radius 3 is 1.97 bits per heavy atom.